The van der Waals surface area contributed by atoms with Gasteiger partial charge in [-0.3, -0.25) is 10.1 Å². The molecule has 1 heterocycles. The van der Waals surface area contributed by atoms with Crippen molar-refractivity contribution in [1.29, 1.82) is 0 Å². The molecule has 0 spiro atoms. The standard InChI is InChI=1S/C16H14N2O4/c1-3-10-7-12(18(19)20)9-14-15(10)22-16(17-14)11-5-4-6-13(8-11)21-2/h4-9H,3H2,1-2H3. The third-order valence-corrected chi connectivity index (χ3v) is 3.46. The minimum absolute atomic E-state index is 0.0230. The van der Waals surface area contributed by atoms with Gasteiger partial charge in [-0.25, -0.2) is 4.98 Å². The molecule has 0 unspecified atom stereocenters. The van der Waals surface area contributed by atoms with Crippen molar-refractivity contribution in [2.75, 3.05) is 7.11 Å². The van der Waals surface area contributed by atoms with E-state index in [9.17, 15) is 10.1 Å². The highest BCUT2D eigenvalue weighted by Crippen LogP contribution is 2.31. The van der Waals surface area contributed by atoms with Gasteiger partial charge in [0.1, 0.15) is 11.3 Å². The smallest absolute Gasteiger partial charge is 0.272 e. The minimum atomic E-state index is -0.418. The molecule has 0 aliphatic carbocycles. The van der Waals surface area contributed by atoms with Crippen LogP contribution < -0.4 is 4.74 Å². The summed E-state index contributed by atoms with van der Waals surface area (Å²) in [5.74, 6) is 1.12. The SMILES string of the molecule is CCc1cc([N+](=O)[O-])cc2nc(-c3cccc(OC)c3)oc12. The second-order valence-corrected chi connectivity index (χ2v) is 4.81. The van der Waals surface area contributed by atoms with Crippen LogP contribution in [0.1, 0.15) is 12.5 Å². The average molecular weight is 298 g/mol. The Labute approximate surface area is 126 Å². The molecule has 2 aromatic carbocycles. The van der Waals surface area contributed by atoms with Gasteiger partial charge in [-0.2, -0.15) is 0 Å². The number of aromatic nitrogens is 1. The largest absolute Gasteiger partial charge is 0.497 e. The molecule has 0 radical (unpaired) electrons. The molecule has 0 aliphatic rings. The van der Waals surface area contributed by atoms with Gasteiger partial charge in [0.05, 0.1) is 12.0 Å². The Bertz CT molecular complexity index is 854. The number of fused-ring (bicyclic) bond motifs is 1. The fourth-order valence-electron chi connectivity index (χ4n) is 2.33. The Morgan fingerprint density at radius 1 is 1.32 bits per heavy atom. The first-order chi connectivity index (χ1) is 10.6. The number of rotatable bonds is 4. The molecule has 0 saturated carbocycles. The van der Waals surface area contributed by atoms with Crippen LogP contribution in [0.25, 0.3) is 22.6 Å². The van der Waals surface area contributed by atoms with Gasteiger partial charge in [-0.15, -0.1) is 0 Å². The lowest BCUT2D eigenvalue weighted by Crippen LogP contribution is -1.90. The number of methoxy groups -OCH3 is 1. The Balaban J connectivity index is 2.18. The molecule has 0 amide bonds. The van der Waals surface area contributed by atoms with Crippen LogP contribution in [0.4, 0.5) is 5.69 Å². The van der Waals surface area contributed by atoms with Gasteiger partial charge < -0.3 is 9.15 Å². The molecular weight excluding hydrogens is 284 g/mol. The molecule has 6 nitrogen and oxygen atoms in total. The van der Waals surface area contributed by atoms with Gasteiger partial charge in [0.15, 0.2) is 5.58 Å². The molecule has 3 rings (SSSR count). The summed E-state index contributed by atoms with van der Waals surface area (Å²) in [6.45, 7) is 1.92. The number of non-ortho nitro benzene ring substituents is 1. The molecule has 0 bridgehead atoms. The van der Waals surface area contributed by atoms with E-state index in [1.54, 1.807) is 7.11 Å². The second-order valence-electron chi connectivity index (χ2n) is 4.81. The quantitative estimate of drug-likeness (QED) is 0.538. The first-order valence-corrected chi connectivity index (χ1v) is 6.84. The Hall–Kier alpha value is -2.89. The number of hydrogen-bond donors (Lipinski definition) is 0. The van der Waals surface area contributed by atoms with E-state index in [1.165, 1.54) is 12.1 Å². The summed E-state index contributed by atoms with van der Waals surface area (Å²) in [6.07, 6.45) is 0.630. The van der Waals surface area contributed by atoms with Crippen LogP contribution in [-0.2, 0) is 6.42 Å². The van der Waals surface area contributed by atoms with E-state index in [1.807, 2.05) is 31.2 Å². The number of benzene rings is 2. The number of aryl methyl sites for hydroxylation is 1. The van der Waals surface area contributed by atoms with Crippen molar-refractivity contribution in [2.24, 2.45) is 0 Å². The van der Waals surface area contributed by atoms with E-state index in [2.05, 4.69) is 4.98 Å². The first kappa shape index (κ1) is 14.1. The zero-order chi connectivity index (χ0) is 15.7. The molecule has 3 aromatic rings. The number of nitro groups is 1. The highest BCUT2D eigenvalue weighted by molar-refractivity contribution is 5.82. The predicted molar refractivity (Wildman–Crippen MR) is 82.0 cm³/mol. The van der Waals surface area contributed by atoms with Crippen molar-refractivity contribution in [2.45, 2.75) is 13.3 Å². The van der Waals surface area contributed by atoms with Crippen LogP contribution in [-0.4, -0.2) is 17.0 Å². The van der Waals surface area contributed by atoms with Crippen LogP contribution in [0.5, 0.6) is 5.75 Å². The fraction of sp³-hybridized carbons (Fsp3) is 0.188. The van der Waals surface area contributed by atoms with Gasteiger partial charge in [0.2, 0.25) is 5.89 Å². The number of hydrogen-bond acceptors (Lipinski definition) is 5. The summed E-state index contributed by atoms with van der Waals surface area (Å²) in [7, 11) is 1.59. The summed E-state index contributed by atoms with van der Waals surface area (Å²) in [6, 6.07) is 10.3. The van der Waals surface area contributed by atoms with Crippen molar-refractivity contribution in [1.82, 2.24) is 4.98 Å². The zero-order valence-corrected chi connectivity index (χ0v) is 12.2. The first-order valence-electron chi connectivity index (χ1n) is 6.84. The molecule has 22 heavy (non-hydrogen) atoms. The van der Waals surface area contributed by atoms with Gasteiger partial charge in [-0.05, 0) is 24.6 Å². The van der Waals surface area contributed by atoms with Gasteiger partial charge in [-0.1, -0.05) is 13.0 Å². The summed E-state index contributed by atoms with van der Waals surface area (Å²) in [5, 5.41) is 11.0. The molecule has 0 atom stereocenters. The van der Waals surface area contributed by atoms with Crippen molar-refractivity contribution in [3.8, 4) is 17.2 Å². The summed E-state index contributed by atoms with van der Waals surface area (Å²) < 4.78 is 11.0. The summed E-state index contributed by atoms with van der Waals surface area (Å²) in [4.78, 5) is 15.0. The normalized spacial score (nSPS) is 10.8. The van der Waals surface area contributed by atoms with E-state index in [0.29, 0.717) is 29.2 Å². The van der Waals surface area contributed by atoms with Gasteiger partial charge >= 0.3 is 0 Å². The third-order valence-electron chi connectivity index (χ3n) is 3.46. The topological polar surface area (TPSA) is 78.4 Å². The van der Waals surface area contributed by atoms with Crippen LogP contribution in [0, 0.1) is 10.1 Å². The molecule has 6 heteroatoms. The molecule has 0 N–H and O–H groups in total. The van der Waals surface area contributed by atoms with Crippen molar-refractivity contribution in [3.05, 3.63) is 52.1 Å². The maximum Gasteiger partial charge on any atom is 0.272 e. The van der Waals surface area contributed by atoms with E-state index >= 15 is 0 Å². The molecule has 0 aliphatic heterocycles. The Morgan fingerprint density at radius 2 is 2.14 bits per heavy atom. The second kappa shape index (κ2) is 5.48. The lowest BCUT2D eigenvalue weighted by atomic mass is 10.1. The number of nitrogens with zero attached hydrogens (tertiary/aromatic N) is 2. The lowest BCUT2D eigenvalue weighted by molar-refractivity contribution is -0.384. The van der Waals surface area contributed by atoms with Crippen molar-refractivity contribution >= 4 is 16.8 Å². The number of ether oxygens (including phenoxy) is 1. The van der Waals surface area contributed by atoms with Crippen LogP contribution in [0.2, 0.25) is 0 Å². The zero-order valence-electron chi connectivity index (χ0n) is 12.2. The summed E-state index contributed by atoms with van der Waals surface area (Å²) in [5.41, 5.74) is 2.63. The number of nitro benzene ring substituents is 1. The fourth-order valence-corrected chi connectivity index (χ4v) is 2.33. The van der Waals surface area contributed by atoms with E-state index in [0.717, 1.165) is 11.1 Å². The van der Waals surface area contributed by atoms with Crippen molar-refractivity contribution < 1.29 is 14.1 Å². The number of oxazole rings is 1. The molecule has 1 aromatic heterocycles. The van der Waals surface area contributed by atoms with Crippen LogP contribution in [0.3, 0.4) is 0 Å². The summed E-state index contributed by atoms with van der Waals surface area (Å²) >= 11 is 0. The lowest BCUT2D eigenvalue weighted by Gasteiger charge is -2.00. The third kappa shape index (κ3) is 2.39. The van der Waals surface area contributed by atoms with E-state index in [4.69, 9.17) is 9.15 Å². The molecule has 112 valence electrons. The van der Waals surface area contributed by atoms with Gasteiger partial charge in [0, 0.05) is 23.3 Å². The van der Waals surface area contributed by atoms with Crippen LogP contribution in [0.15, 0.2) is 40.8 Å². The van der Waals surface area contributed by atoms with Crippen molar-refractivity contribution in [3.63, 3.8) is 0 Å². The predicted octanol–water partition coefficient (Wildman–Crippen LogP) is 3.97. The highest BCUT2D eigenvalue weighted by atomic mass is 16.6. The van der Waals surface area contributed by atoms with Gasteiger partial charge in [0.25, 0.3) is 5.69 Å². The maximum absolute atomic E-state index is 11.0. The molecule has 0 saturated heterocycles. The molecular formula is C16H14N2O4. The maximum atomic E-state index is 11.0. The van der Waals surface area contributed by atoms with Crippen LogP contribution >= 0.6 is 0 Å². The molecule has 0 fully saturated rings. The highest BCUT2D eigenvalue weighted by Gasteiger charge is 2.17. The van der Waals surface area contributed by atoms with E-state index in [-0.39, 0.29) is 5.69 Å². The Morgan fingerprint density at radius 3 is 2.82 bits per heavy atom. The minimum Gasteiger partial charge on any atom is -0.497 e. The van der Waals surface area contributed by atoms with E-state index < -0.39 is 4.92 Å². The Kier molecular flexibility index (Phi) is 3.50. The monoisotopic (exact) mass is 298 g/mol. The average Bonchev–Trinajstić information content (AvgIpc) is 2.98.